The predicted octanol–water partition coefficient (Wildman–Crippen LogP) is 5.25. The van der Waals surface area contributed by atoms with Crippen LogP contribution in [-0.2, 0) is 9.53 Å². The Morgan fingerprint density at radius 1 is 1.23 bits per heavy atom. The van der Waals surface area contributed by atoms with Crippen LogP contribution in [0.3, 0.4) is 0 Å². The number of carbonyl (C=O) groups excluding carboxylic acids is 1. The predicted molar refractivity (Wildman–Crippen MR) is 122 cm³/mol. The second kappa shape index (κ2) is 8.51. The Bertz CT molecular complexity index is 791. The van der Waals surface area contributed by atoms with Gasteiger partial charge in [-0.3, -0.25) is 0 Å². The van der Waals surface area contributed by atoms with Gasteiger partial charge in [0.15, 0.2) is 5.60 Å². The molecule has 4 aliphatic rings. The van der Waals surface area contributed by atoms with Gasteiger partial charge in [0.05, 0.1) is 6.10 Å². The first kappa shape index (κ1) is 22.8. The molecule has 0 radical (unpaired) electrons. The van der Waals surface area contributed by atoms with Gasteiger partial charge in [-0.25, -0.2) is 4.79 Å². The van der Waals surface area contributed by atoms with Gasteiger partial charge < -0.3 is 14.9 Å². The number of aliphatic hydroxyl groups is 2. The van der Waals surface area contributed by atoms with Crippen LogP contribution in [0, 0.1) is 23.2 Å². The molecule has 2 N–H and O–H groups in total. The molecule has 3 aliphatic carbocycles. The number of carbonyl (C=O) groups is 1. The molecule has 4 nitrogen and oxygen atoms in total. The SMILES string of the molecule is C=C1CC[C@@H](O)C/C1=C/C=C1\CCC[C@]2(C)[C@@H]1CC[C@H]2[C@@H](C)C[C@@H]1C[C@](C)(O)C(=O)O1. The smallest absolute Gasteiger partial charge is 0.338 e. The molecule has 1 aliphatic heterocycles. The first-order chi connectivity index (χ1) is 14.6. The minimum atomic E-state index is -1.32. The maximum atomic E-state index is 11.9. The topological polar surface area (TPSA) is 66.8 Å². The van der Waals surface area contributed by atoms with E-state index in [1.165, 1.54) is 43.3 Å². The number of esters is 1. The Morgan fingerprint density at radius 2 is 2.00 bits per heavy atom. The first-order valence-electron chi connectivity index (χ1n) is 12.3. The number of aliphatic hydroxyl groups excluding tert-OH is 1. The molecule has 1 saturated heterocycles. The number of fused-ring (bicyclic) bond motifs is 1. The number of cyclic esters (lactones) is 1. The van der Waals surface area contributed by atoms with Gasteiger partial charge in [0, 0.05) is 6.42 Å². The zero-order valence-corrected chi connectivity index (χ0v) is 19.5. The van der Waals surface area contributed by atoms with Crippen LogP contribution in [0.5, 0.6) is 0 Å². The van der Waals surface area contributed by atoms with Gasteiger partial charge >= 0.3 is 5.97 Å². The lowest BCUT2D eigenvalue weighted by Crippen LogP contribution is -2.36. The maximum absolute atomic E-state index is 11.9. The fraction of sp³-hybridized carbons (Fsp3) is 0.741. The molecule has 31 heavy (non-hydrogen) atoms. The third-order valence-electron chi connectivity index (χ3n) is 8.89. The molecule has 7 atom stereocenters. The third-order valence-corrected chi connectivity index (χ3v) is 8.89. The van der Waals surface area contributed by atoms with Crippen LogP contribution >= 0.6 is 0 Å². The van der Waals surface area contributed by atoms with Crippen molar-refractivity contribution in [2.24, 2.45) is 23.2 Å². The maximum Gasteiger partial charge on any atom is 0.338 e. The van der Waals surface area contributed by atoms with Crippen molar-refractivity contribution in [3.05, 3.63) is 35.5 Å². The molecule has 0 aromatic heterocycles. The van der Waals surface area contributed by atoms with Crippen molar-refractivity contribution < 1.29 is 19.7 Å². The zero-order chi connectivity index (χ0) is 22.4. The van der Waals surface area contributed by atoms with Crippen molar-refractivity contribution in [2.45, 2.75) is 103 Å². The highest BCUT2D eigenvalue weighted by Crippen LogP contribution is 2.60. The van der Waals surface area contributed by atoms with Crippen molar-refractivity contribution in [1.29, 1.82) is 0 Å². The summed E-state index contributed by atoms with van der Waals surface area (Å²) < 4.78 is 5.48. The van der Waals surface area contributed by atoms with Crippen LogP contribution in [0.25, 0.3) is 0 Å². The molecule has 4 heteroatoms. The van der Waals surface area contributed by atoms with Crippen LogP contribution in [0.2, 0.25) is 0 Å². The quantitative estimate of drug-likeness (QED) is 0.600. The summed E-state index contributed by atoms with van der Waals surface area (Å²) in [4.78, 5) is 11.9. The Hall–Kier alpha value is -1.39. The summed E-state index contributed by atoms with van der Waals surface area (Å²) in [6, 6.07) is 0. The second-order valence-corrected chi connectivity index (χ2v) is 11.2. The minimum Gasteiger partial charge on any atom is -0.460 e. The Kier molecular flexibility index (Phi) is 6.26. The van der Waals surface area contributed by atoms with Gasteiger partial charge in [0.2, 0.25) is 0 Å². The lowest BCUT2D eigenvalue weighted by molar-refractivity contribution is -0.154. The number of rotatable bonds is 4. The summed E-state index contributed by atoms with van der Waals surface area (Å²) >= 11 is 0. The van der Waals surface area contributed by atoms with E-state index in [0.29, 0.717) is 24.2 Å². The van der Waals surface area contributed by atoms with Crippen molar-refractivity contribution in [2.75, 3.05) is 0 Å². The Labute approximate surface area is 187 Å². The van der Waals surface area contributed by atoms with Crippen LogP contribution in [0.4, 0.5) is 0 Å². The summed E-state index contributed by atoms with van der Waals surface area (Å²) in [6.45, 7) is 10.6. The van der Waals surface area contributed by atoms with Crippen molar-refractivity contribution in [3.8, 4) is 0 Å². The summed E-state index contributed by atoms with van der Waals surface area (Å²) in [6.07, 6.45) is 14.0. The largest absolute Gasteiger partial charge is 0.460 e. The zero-order valence-electron chi connectivity index (χ0n) is 19.5. The Morgan fingerprint density at radius 3 is 2.71 bits per heavy atom. The normalized spacial score (nSPS) is 44.5. The van der Waals surface area contributed by atoms with E-state index in [0.717, 1.165) is 25.7 Å². The fourth-order valence-electron chi connectivity index (χ4n) is 7.17. The molecule has 0 aromatic carbocycles. The van der Waals surface area contributed by atoms with Gasteiger partial charge in [-0.15, -0.1) is 0 Å². The third kappa shape index (κ3) is 4.43. The van der Waals surface area contributed by atoms with Crippen molar-refractivity contribution in [1.82, 2.24) is 0 Å². The molecule has 0 unspecified atom stereocenters. The van der Waals surface area contributed by atoms with Crippen LogP contribution < -0.4 is 0 Å². The van der Waals surface area contributed by atoms with E-state index in [4.69, 9.17) is 4.74 Å². The summed E-state index contributed by atoms with van der Waals surface area (Å²) in [5, 5.41) is 20.2. The summed E-state index contributed by atoms with van der Waals surface area (Å²) in [5.41, 5.74) is 2.93. The monoisotopic (exact) mass is 428 g/mol. The Balaban J connectivity index is 1.46. The highest BCUT2D eigenvalue weighted by molar-refractivity contribution is 5.80. The van der Waals surface area contributed by atoms with Gasteiger partial charge in [-0.2, -0.15) is 0 Å². The summed E-state index contributed by atoms with van der Waals surface area (Å²) in [7, 11) is 0. The average Bonchev–Trinajstić information content (AvgIpc) is 3.17. The number of hydrogen-bond donors (Lipinski definition) is 2. The van der Waals surface area contributed by atoms with Crippen LogP contribution in [0.15, 0.2) is 35.5 Å². The van der Waals surface area contributed by atoms with E-state index >= 15 is 0 Å². The van der Waals surface area contributed by atoms with E-state index in [9.17, 15) is 15.0 Å². The highest BCUT2D eigenvalue weighted by Gasteiger charge is 2.52. The first-order valence-corrected chi connectivity index (χ1v) is 12.3. The highest BCUT2D eigenvalue weighted by atomic mass is 16.6. The second-order valence-electron chi connectivity index (χ2n) is 11.2. The van der Waals surface area contributed by atoms with Gasteiger partial charge in [0.1, 0.15) is 6.10 Å². The fourth-order valence-corrected chi connectivity index (χ4v) is 7.17. The lowest BCUT2D eigenvalue weighted by atomic mass is 9.60. The minimum absolute atomic E-state index is 0.160. The van der Waals surface area contributed by atoms with E-state index in [-0.39, 0.29) is 17.6 Å². The van der Waals surface area contributed by atoms with E-state index < -0.39 is 11.6 Å². The molecule has 0 bridgehead atoms. The molecule has 1 heterocycles. The average molecular weight is 429 g/mol. The molecule has 4 fully saturated rings. The molecule has 172 valence electrons. The number of allylic oxidation sites excluding steroid dienone is 4. The van der Waals surface area contributed by atoms with Crippen molar-refractivity contribution >= 4 is 5.97 Å². The van der Waals surface area contributed by atoms with Gasteiger partial charge in [-0.1, -0.05) is 43.7 Å². The molecular weight excluding hydrogens is 388 g/mol. The molecular formula is C27H40O4. The van der Waals surface area contributed by atoms with E-state index in [1.54, 1.807) is 12.5 Å². The standard InChI is InChI=1S/C27H40O4/c1-17-7-10-21(28)15-20(17)9-8-19-6-5-13-26(3)23(11-12-24(19)26)18(2)14-22-16-27(4,30)25(29)31-22/h8-9,18,21-24,28,30H,1,5-7,10-16H2,2-4H3/b19-8+,20-9-/t18-,21+,22+,23-,24+,26-,27-/m0/s1. The molecule has 0 aromatic rings. The van der Waals surface area contributed by atoms with Crippen molar-refractivity contribution in [3.63, 3.8) is 0 Å². The molecule has 0 spiro atoms. The van der Waals surface area contributed by atoms with Crippen LogP contribution in [-0.4, -0.2) is 34.0 Å². The number of hydrogen-bond acceptors (Lipinski definition) is 4. The summed E-state index contributed by atoms with van der Waals surface area (Å²) in [5.74, 6) is 1.23. The van der Waals surface area contributed by atoms with Crippen LogP contribution in [0.1, 0.15) is 85.0 Å². The van der Waals surface area contributed by atoms with E-state index in [1.807, 2.05) is 0 Å². The van der Waals surface area contributed by atoms with Gasteiger partial charge in [-0.05, 0) is 93.5 Å². The van der Waals surface area contributed by atoms with Gasteiger partial charge in [0.25, 0.3) is 0 Å². The molecule has 0 amide bonds. The molecule has 4 rings (SSSR count). The molecule has 3 saturated carbocycles. The number of ether oxygens (including phenoxy) is 1. The lowest BCUT2D eigenvalue weighted by Gasteiger charge is -2.44. The van der Waals surface area contributed by atoms with E-state index in [2.05, 4.69) is 32.6 Å².